The van der Waals surface area contributed by atoms with E-state index in [0.29, 0.717) is 6.04 Å². The highest BCUT2D eigenvalue weighted by Crippen LogP contribution is 2.23. The Morgan fingerprint density at radius 1 is 1.38 bits per heavy atom. The molecule has 0 saturated heterocycles. The largest absolute Gasteiger partial charge is 0.307 e. The number of hydrogen-bond donors (Lipinski definition) is 1. The summed E-state index contributed by atoms with van der Waals surface area (Å²) in [4.78, 5) is 4.24. The summed E-state index contributed by atoms with van der Waals surface area (Å²) in [5.41, 5.74) is 0. The van der Waals surface area contributed by atoms with Gasteiger partial charge in [-0.25, -0.2) is 4.98 Å². The molecular formula is C12H22N4. The Morgan fingerprint density at radius 2 is 2.19 bits per heavy atom. The first-order chi connectivity index (χ1) is 7.77. The van der Waals surface area contributed by atoms with E-state index in [-0.39, 0.29) is 0 Å². The zero-order valence-corrected chi connectivity index (χ0v) is 10.3. The van der Waals surface area contributed by atoms with Gasteiger partial charge < -0.3 is 5.32 Å². The lowest BCUT2D eigenvalue weighted by atomic mass is 9.97. The van der Waals surface area contributed by atoms with Gasteiger partial charge in [0.15, 0.2) is 0 Å². The highest BCUT2D eigenvalue weighted by Gasteiger charge is 2.19. The summed E-state index contributed by atoms with van der Waals surface area (Å²) in [5.74, 6) is 1.81. The fraction of sp³-hybridized carbons (Fsp3) is 0.833. The fourth-order valence-electron chi connectivity index (χ4n) is 2.50. The van der Waals surface area contributed by atoms with E-state index in [2.05, 4.69) is 22.3 Å². The molecular weight excluding hydrogens is 200 g/mol. The molecule has 1 aliphatic carbocycles. The van der Waals surface area contributed by atoms with Crippen LogP contribution in [0.2, 0.25) is 0 Å². The Kier molecular flexibility index (Phi) is 3.93. The average molecular weight is 222 g/mol. The molecule has 1 aromatic heterocycles. The molecule has 2 atom stereocenters. The van der Waals surface area contributed by atoms with E-state index < -0.39 is 0 Å². The second-order valence-corrected chi connectivity index (χ2v) is 4.90. The Bertz CT molecular complexity index is 321. The maximum absolute atomic E-state index is 4.24. The van der Waals surface area contributed by atoms with Crippen LogP contribution in [0.15, 0.2) is 6.33 Å². The zero-order valence-electron chi connectivity index (χ0n) is 10.3. The van der Waals surface area contributed by atoms with Crippen LogP contribution in [0.5, 0.6) is 0 Å². The summed E-state index contributed by atoms with van der Waals surface area (Å²) in [6.07, 6.45) is 8.43. The third kappa shape index (κ3) is 2.82. The van der Waals surface area contributed by atoms with Crippen molar-refractivity contribution in [2.45, 2.75) is 51.6 Å². The summed E-state index contributed by atoms with van der Waals surface area (Å²) < 4.78 is 1.84. The van der Waals surface area contributed by atoms with Crippen molar-refractivity contribution in [1.82, 2.24) is 20.1 Å². The van der Waals surface area contributed by atoms with Gasteiger partial charge in [-0.3, -0.25) is 4.68 Å². The molecule has 0 aliphatic heterocycles. The summed E-state index contributed by atoms with van der Waals surface area (Å²) in [6.45, 7) is 3.20. The Labute approximate surface area is 97.5 Å². The lowest BCUT2D eigenvalue weighted by Gasteiger charge is -2.22. The molecule has 1 fully saturated rings. The Morgan fingerprint density at radius 3 is 2.94 bits per heavy atom. The van der Waals surface area contributed by atoms with Gasteiger partial charge in [0.05, 0.1) is 6.54 Å². The van der Waals surface area contributed by atoms with Crippen LogP contribution in [0.4, 0.5) is 0 Å². The van der Waals surface area contributed by atoms with Gasteiger partial charge in [-0.2, -0.15) is 5.10 Å². The molecule has 0 bridgehead atoms. The van der Waals surface area contributed by atoms with Crippen LogP contribution in [0.3, 0.4) is 0 Å². The topological polar surface area (TPSA) is 42.7 Å². The molecule has 2 rings (SSSR count). The van der Waals surface area contributed by atoms with Crippen LogP contribution in [0.1, 0.15) is 44.9 Å². The standard InChI is InChI=1S/C12H22N4/c1-10-6-4-3-5-7-11(10)13-8-12-14-9-15-16(12)2/h9-11,13H,3-8H2,1-2H3. The number of rotatable bonds is 3. The molecule has 1 aliphatic rings. The molecule has 1 heterocycles. The molecule has 90 valence electrons. The van der Waals surface area contributed by atoms with Crippen molar-refractivity contribution in [3.63, 3.8) is 0 Å². The number of nitrogens with zero attached hydrogens (tertiary/aromatic N) is 3. The molecule has 4 heteroatoms. The van der Waals surface area contributed by atoms with E-state index >= 15 is 0 Å². The van der Waals surface area contributed by atoms with Gasteiger partial charge in [-0.05, 0) is 18.8 Å². The van der Waals surface area contributed by atoms with Crippen LogP contribution < -0.4 is 5.32 Å². The third-order valence-corrected chi connectivity index (χ3v) is 3.69. The average Bonchev–Trinajstić information content (AvgIpc) is 2.56. The number of aryl methyl sites for hydroxylation is 1. The van der Waals surface area contributed by atoms with Crippen LogP contribution >= 0.6 is 0 Å². The molecule has 2 unspecified atom stereocenters. The monoisotopic (exact) mass is 222 g/mol. The maximum Gasteiger partial charge on any atom is 0.140 e. The van der Waals surface area contributed by atoms with Gasteiger partial charge in [0.1, 0.15) is 12.2 Å². The first kappa shape index (κ1) is 11.6. The number of nitrogens with one attached hydrogen (secondary N) is 1. The predicted molar refractivity (Wildman–Crippen MR) is 63.9 cm³/mol. The van der Waals surface area contributed by atoms with E-state index in [4.69, 9.17) is 0 Å². The van der Waals surface area contributed by atoms with Crippen LogP contribution in [-0.4, -0.2) is 20.8 Å². The summed E-state index contributed by atoms with van der Waals surface area (Å²) in [5, 5.41) is 7.71. The van der Waals surface area contributed by atoms with Gasteiger partial charge in [0, 0.05) is 13.1 Å². The number of aromatic nitrogens is 3. The van der Waals surface area contributed by atoms with E-state index in [0.717, 1.165) is 18.3 Å². The Balaban J connectivity index is 1.86. The van der Waals surface area contributed by atoms with E-state index in [9.17, 15) is 0 Å². The van der Waals surface area contributed by atoms with Crippen LogP contribution in [0.25, 0.3) is 0 Å². The minimum absolute atomic E-state index is 0.652. The van der Waals surface area contributed by atoms with E-state index in [1.54, 1.807) is 6.33 Å². The van der Waals surface area contributed by atoms with Crippen molar-refractivity contribution >= 4 is 0 Å². The lowest BCUT2D eigenvalue weighted by Crippen LogP contribution is -2.34. The van der Waals surface area contributed by atoms with Gasteiger partial charge in [0.2, 0.25) is 0 Å². The van der Waals surface area contributed by atoms with Gasteiger partial charge in [-0.1, -0.05) is 26.2 Å². The first-order valence-corrected chi connectivity index (χ1v) is 6.33. The highest BCUT2D eigenvalue weighted by molar-refractivity contribution is 4.85. The molecule has 0 aromatic carbocycles. The van der Waals surface area contributed by atoms with Crippen LogP contribution in [0, 0.1) is 5.92 Å². The van der Waals surface area contributed by atoms with Crippen molar-refractivity contribution in [1.29, 1.82) is 0 Å². The summed E-state index contributed by atoms with van der Waals surface area (Å²) in [7, 11) is 1.94. The summed E-state index contributed by atoms with van der Waals surface area (Å²) >= 11 is 0. The van der Waals surface area contributed by atoms with Gasteiger partial charge >= 0.3 is 0 Å². The molecule has 0 amide bonds. The minimum atomic E-state index is 0.652. The second-order valence-electron chi connectivity index (χ2n) is 4.90. The zero-order chi connectivity index (χ0) is 11.4. The smallest absolute Gasteiger partial charge is 0.140 e. The highest BCUT2D eigenvalue weighted by atomic mass is 15.3. The van der Waals surface area contributed by atoms with Gasteiger partial charge in [-0.15, -0.1) is 0 Å². The van der Waals surface area contributed by atoms with Crippen molar-refractivity contribution < 1.29 is 0 Å². The first-order valence-electron chi connectivity index (χ1n) is 6.33. The molecule has 0 spiro atoms. The van der Waals surface area contributed by atoms with Crippen molar-refractivity contribution in [3.8, 4) is 0 Å². The molecule has 4 nitrogen and oxygen atoms in total. The molecule has 1 aromatic rings. The van der Waals surface area contributed by atoms with Crippen LogP contribution in [-0.2, 0) is 13.6 Å². The summed E-state index contributed by atoms with van der Waals surface area (Å²) in [6, 6.07) is 0.652. The van der Waals surface area contributed by atoms with Crippen molar-refractivity contribution in [3.05, 3.63) is 12.2 Å². The van der Waals surface area contributed by atoms with Crippen molar-refractivity contribution in [2.24, 2.45) is 13.0 Å². The molecule has 1 saturated carbocycles. The molecule has 1 N–H and O–H groups in total. The third-order valence-electron chi connectivity index (χ3n) is 3.69. The SMILES string of the molecule is CC1CCCCCC1NCc1ncnn1C. The second kappa shape index (κ2) is 5.43. The van der Waals surface area contributed by atoms with E-state index in [1.807, 2.05) is 11.7 Å². The normalized spacial score (nSPS) is 26.6. The van der Waals surface area contributed by atoms with Gasteiger partial charge in [0.25, 0.3) is 0 Å². The predicted octanol–water partition coefficient (Wildman–Crippen LogP) is 1.87. The maximum atomic E-state index is 4.24. The number of hydrogen-bond acceptors (Lipinski definition) is 3. The van der Waals surface area contributed by atoms with E-state index in [1.165, 1.54) is 32.1 Å². The lowest BCUT2D eigenvalue weighted by molar-refractivity contribution is 0.350. The van der Waals surface area contributed by atoms with Crippen molar-refractivity contribution in [2.75, 3.05) is 0 Å². The Hall–Kier alpha value is -0.900. The molecule has 0 radical (unpaired) electrons. The quantitative estimate of drug-likeness (QED) is 0.794. The fourth-order valence-corrected chi connectivity index (χ4v) is 2.50. The molecule has 16 heavy (non-hydrogen) atoms. The minimum Gasteiger partial charge on any atom is -0.307 e.